The second kappa shape index (κ2) is 5.65. The Bertz CT molecular complexity index is 385. The molecule has 0 bridgehead atoms. The Kier molecular flexibility index (Phi) is 4.48. The minimum atomic E-state index is -1.23. The van der Waals surface area contributed by atoms with Gasteiger partial charge in [0.25, 0.3) is 0 Å². The van der Waals surface area contributed by atoms with Crippen molar-refractivity contribution in [3.63, 3.8) is 0 Å². The number of amides is 1. The van der Waals surface area contributed by atoms with E-state index >= 15 is 0 Å². The zero-order valence-corrected chi connectivity index (χ0v) is 9.84. The smallest absolute Gasteiger partial charge is 0.216 e. The van der Waals surface area contributed by atoms with Gasteiger partial charge in [0.1, 0.15) is 18.0 Å². The Morgan fingerprint density at radius 2 is 2.06 bits per heavy atom. The predicted molar refractivity (Wildman–Crippen MR) is 62.5 cm³/mol. The number of aromatic hydroxyl groups is 1. The molecule has 5 heteroatoms. The molecule has 0 saturated carbocycles. The first-order chi connectivity index (χ1) is 7.93. The van der Waals surface area contributed by atoms with Gasteiger partial charge in [0.15, 0.2) is 0 Å². The van der Waals surface area contributed by atoms with Gasteiger partial charge in [-0.3, -0.25) is 4.79 Å². The van der Waals surface area contributed by atoms with Crippen LogP contribution in [0.15, 0.2) is 18.2 Å². The monoisotopic (exact) mass is 239 g/mol. The van der Waals surface area contributed by atoms with Crippen LogP contribution in [-0.2, 0) is 4.79 Å². The van der Waals surface area contributed by atoms with Crippen molar-refractivity contribution in [1.29, 1.82) is 0 Å². The van der Waals surface area contributed by atoms with Crippen molar-refractivity contribution < 1.29 is 20.1 Å². The summed E-state index contributed by atoms with van der Waals surface area (Å²) in [6.45, 7) is 2.98. The molecule has 0 aliphatic heterocycles. The summed E-state index contributed by atoms with van der Waals surface area (Å²) in [6.07, 6.45) is -2.39. The van der Waals surface area contributed by atoms with Crippen LogP contribution in [-0.4, -0.2) is 33.9 Å². The lowest BCUT2D eigenvalue weighted by Crippen LogP contribution is -2.34. The Hall–Kier alpha value is -1.59. The van der Waals surface area contributed by atoms with Gasteiger partial charge in [-0.05, 0) is 18.6 Å². The molecule has 5 nitrogen and oxygen atoms in total. The van der Waals surface area contributed by atoms with Gasteiger partial charge in [-0.1, -0.05) is 12.1 Å². The number of aliphatic hydroxyl groups is 2. The van der Waals surface area contributed by atoms with Gasteiger partial charge in [0.2, 0.25) is 5.91 Å². The normalized spacial score (nSPS) is 14.1. The molecule has 0 aliphatic carbocycles. The van der Waals surface area contributed by atoms with E-state index in [2.05, 4.69) is 5.32 Å². The van der Waals surface area contributed by atoms with Crippen molar-refractivity contribution in [1.82, 2.24) is 5.32 Å². The van der Waals surface area contributed by atoms with Crippen LogP contribution in [0.1, 0.15) is 24.2 Å². The summed E-state index contributed by atoms with van der Waals surface area (Å²) < 4.78 is 0. The fraction of sp³-hybridized carbons (Fsp3) is 0.417. The molecule has 0 radical (unpaired) electrons. The van der Waals surface area contributed by atoms with Gasteiger partial charge in [-0.15, -0.1) is 0 Å². The second-order valence-electron chi connectivity index (χ2n) is 3.96. The van der Waals surface area contributed by atoms with Crippen LogP contribution in [0.3, 0.4) is 0 Å². The van der Waals surface area contributed by atoms with E-state index < -0.39 is 12.2 Å². The van der Waals surface area contributed by atoms with Crippen LogP contribution in [0, 0.1) is 6.92 Å². The number of carbonyl (C=O) groups is 1. The van der Waals surface area contributed by atoms with E-state index in [1.54, 1.807) is 19.1 Å². The first-order valence-electron chi connectivity index (χ1n) is 5.32. The number of carbonyl (C=O) groups excluding carboxylic acids is 1. The van der Waals surface area contributed by atoms with Crippen LogP contribution < -0.4 is 5.32 Å². The van der Waals surface area contributed by atoms with Crippen LogP contribution in [0.5, 0.6) is 5.75 Å². The molecule has 94 valence electrons. The number of aryl methyl sites for hydroxylation is 1. The van der Waals surface area contributed by atoms with Crippen LogP contribution in [0.4, 0.5) is 0 Å². The highest BCUT2D eigenvalue weighted by atomic mass is 16.3. The van der Waals surface area contributed by atoms with E-state index in [4.69, 9.17) is 0 Å². The number of nitrogens with one attached hydrogen (secondary N) is 1. The summed E-state index contributed by atoms with van der Waals surface area (Å²) >= 11 is 0. The average molecular weight is 239 g/mol. The fourth-order valence-corrected chi connectivity index (χ4v) is 1.60. The lowest BCUT2D eigenvalue weighted by molar-refractivity contribution is -0.119. The number of rotatable bonds is 4. The third-order valence-electron chi connectivity index (χ3n) is 2.52. The van der Waals surface area contributed by atoms with E-state index in [9.17, 15) is 20.1 Å². The lowest BCUT2D eigenvalue weighted by Gasteiger charge is -2.20. The number of phenolic OH excluding ortho intramolecular Hbond substituents is 1. The molecule has 0 aromatic heterocycles. The maximum Gasteiger partial charge on any atom is 0.216 e. The Morgan fingerprint density at radius 1 is 1.41 bits per heavy atom. The summed E-state index contributed by atoms with van der Waals surface area (Å²) in [5.41, 5.74) is 0.963. The number of hydrogen-bond donors (Lipinski definition) is 4. The maximum absolute atomic E-state index is 10.7. The molecule has 1 rings (SSSR count). The van der Waals surface area contributed by atoms with E-state index in [0.717, 1.165) is 0 Å². The van der Waals surface area contributed by atoms with Crippen molar-refractivity contribution in [2.45, 2.75) is 26.1 Å². The third-order valence-corrected chi connectivity index (χ3v) is 2.52. The Morgan fingerprint density at radius 3 is 2.59 bits per heavy atom. The van der Waals surface area contributed by atoms with Gasteiger partial charge in [0.05, 0.1) is 0 Å². The zero-order chi connectivity index (χ0) is 13.0. The van der Waals surface area contributed by atoms with Gasteiger partial charge < -0.3 is 20.6 Å². The number of benzene rings is 1. The van der Waals surface area contributed by atoms with Gasteiger partial charge in [0, 0.05) is 19.0 Å². The molecule has 0 spiro atoms. The highest BCUT2D eigenvalue weighted by molar-refractivity contribution is 5.72. The van der Waals surface area contributed by atoms with Crippen molar-refractivity contribution in [3.8, 4) is 5.75 Å². The summed E-state index contributed by atoms with van der Waals surface area (Å²) in [4.78, 5) is 10.7. The minimum Gasteiger partial charge on any atom is -0.508 e. The topological polar surface area (TPSA) is 89.8 Å². The maximum atomic E-state index is 10.7. The molecule has 2 unspecified atom stereocenters. The predicted octanol–water partition coefficient (Wildman–Crippen LogP) is 0.231. The number of phenols is 1. The molecular formula is C12H17NO4. The summed E-state index contributed by atoms with van der Waals surface area (Å²) in [6, 6.07) is 4.82. The zero-order valence-electron chi connectivity index (χ0n) is 9.84. The van der Waals surface area contributed by atoms with Crippen molar-refractivity contribution in [2.75, 3.05) is 6.54 Å². The van der Waals surface area contributed by atoms with Crippen LogP contribution in [0.25, 0.3) is 0 Å². The van der Waals surface area contributed by atoms with Crippen molar-refractivity contribution >= 4 is 5.91 Å². The van der Waals surface area contributed by atoms with E-state index in [1.165, 1.54) is 13.0 Å². The first kappa shape index (κ1) is 13.5. The molecule has 0 fully saturated rings. The molecule has 2 atom stereocenters. The molecule has 0 aliphatic rings. The molecule has 0 saturated heterocycles. The SMILES string of the molecule is CC(=O)NCC(O)C(O)c1c(C)cccc1O. The molecular weight excluding hydrogens is 222 g/mol. The van der Waals surface area contributed by atoms with Crippen molar-refractivity contribution in [2.24, 2.45) is 0 Å². The van der Waals surface area contributed by atoms with Crippen LogP contribution in [0.2, 0.25) is 0 Å². The highest BCUT2D eigenvalue weighted by Crippen LogP contribution is 2.29. The molecule has 1 amide bonds. The Balaban J connectivity index is 2.81. The average Bonchev–Trinajstić information content (AvgIpc) is 2.25. The largest absolute Gasteiger partial charge is 0.508 e. The second-order valence-corrected chi connectivity index (χ2v) is 3.96. The molecule has 1 aromatic carbocycles. The molecule has 4 N–H and O–H groups in total. The molecule has 17 heavy (non-hydrogen) atoms. The quantitative estimate of drug-likeness (QED) is 0.605. The number of hydrogen-bond acceptors (Lipinski definition) is 4. The fourth-order valence-electron chi connectivity index (χ4n) is 1.60. The third kappa shape index (κ3) is 3.44. The van der Waals surface area contributed by atoms with Gasteiger partial charge in [-0.2, -0.15) is 0 Å². The highest BCUT2D eigenvalue weighted by Gasteiger charge is 2.22. The van der Waals surface area contributed by atoms with E-state index in [0.29, 0.717) is 5.56 Å². The standard InChI is InChI=1S/C12H17NO4/c1-7-4-3-5-9(15)11(7)12(17)10(16)6-13-8(2)14/h3-5,10,12,15-17H,6H2,1-2H3,(H,13,14). The summed E-state index contributed by atoms with van der Waals surface area (Å²) in [5.74, 6) is -0.357. The van der Waals surface area contributed by atoms with Crippen molar-refractivity contribution in [3.05, 3.63) is 29.3 Å². The van der Waals surface area contributed by atoms with E-state index in [-0.39, 0.29) is 23.8 Å². The molecule has 0 heterocycles. The molecule has 1 aromatic rings. The van der Waals surface area contributed by atoms with Crippen LogP contribution >= 0.6 is 0 Å². The Labute approximate surface area is 99.7 Å². The summed E-state index contributed by atoms with van der Waals surface area (Å²) in [7, 11) is 0. The summed E-state index contributed by atoms with van der Waals surface area (Å²) in [5, 5.41) is 31.6. The first-order valence-corrected chi connectivity index (χ1v) is 5.32. The lowest BCUT2D eigenvalue weighted by atomic mass is 9.98. The van der Waals surface area contributed by atoms with E-state index in [1.807, 2.05) is 0 Å². The van der Waals surface area contributed by atoms with Gasteiger partial charge >= 0.3 is 0 Å². The minimum absolute atomic E-state index is 0.0652. The van der Waals surface area contributed by atoms with Gasteiger partial charge in [-0.25, -0.2) is 0 Å². The number of aliphatic hydroxyl groups excluding tert-OH is 2.